The molecule has 0 saturated heterocycles. The Morgan fingerprint density at radius 3 is 2.60 bits per heavy atom. The molecule has 0 aliphatic carbocycles. The van der Waals surface area contributed by atoms with Gasteiger partial charge >= 0.3 is 0 Å². The molecule has 1 heterocycles. The number of anilines is 3. The highest BCUT2D eigenvalue weighted by atomic mass is 15.3. The highest BCUT2D eigenvalue weighted by Crippen LogP contribution is 2.21. The first-order valence-electron chi connectivity index (χ1n) is 4.96. The zero-order valence-corrected chi connectivity index (χ0v) is 9.12. The van der Waals surface area contributed by atoms with Crippen LogP contribution in [0.5, 0.6) is 0 Å². The molecule has 6 heteroatoms. The van der Waals surface area contributed by atoms with Crippen molar-refractivity contribution in [3.8, 4) is 0 Å². The third-order valence-corrected chi connectivity index (χ3v) is 2.03. The van der Waals surface area contributed by atoms with Gasteiger partial charge in [0.05, 0.1) is 0 Å². The summed E-state index contributed by atoms with van der Waals surface area (Å²) in [6.07, 6.45) is 2.48. The third kappa shape index (κ3) is 3.25. The largest absolute Gasteiger partial charge is 0.393 e. The van der Waals surface area contributed by atoms with E-state index in [1.165, 1.54) is 6.33 Å². The van der Waals surface area contributed by atoms with E-state index in [0.29, 0.717) is 23.2 Å². The Labute approximate surface area is 89.4 Å². The molecule has 84 valence electrons. The fourth-order valence-corrected chi connectivity index (χ4v) is 1.13. The Morgan fingerprint density at radius 1 is 1.33 bits per heavy atom. The number of nitrogens with zero attached hydrogens (tertiary/aromatic N) is 2. The first-order chi connectivity index (χ1) is 7.15. The second-order valence-electron chi connectivity index (χ2n) is 3.74. The molecular weight excluding hydrogens is 192 g/mol. The van der Waals surface area contributed by atoms with Gasteiger partial charge in [-0.25, -0.2) is 15.8 Å². The van der Waals surface area contributed by atoms with E-state index >= 15 is 0 Å². The Kier molecular flexibility index (Phi) is 4.11. The molecule has 0 atom stereocenters. The monoisotopic (exact) mass is 210 g/mol. The minimum absolute atomic E-state index is 0.442. The lowest BCUT2D eigenvalue weighted by Gasteiger charge is -2.11. The average molecular weight is 210 g/mol. The summed E-state index contributed by atoms with van der Waals surface area (Å²) < 4.78 is 0. The second kappa shape index (κ2) is 5.35. The molecule has 1 rings (SSSR count). The summed E-state index contributed by atoms with van der Waals surface area (Å²) in [5, 5.41) is 3.15. The van der Waals surface area contributed by atoms with Gasteiger partial charge in [-0.2, -0.15) is 0 Å². The summed E-state index contributed by atoms with van der Waals surface area (Å²) in [4.78, 5) is 7.93. The minimum Gasteiger partial charge on any atom is -0.393 e. The topological polar surface area (TPSA) is 102 Å². The molecule has 1 aromatic heterocycles. The molecule has 0 amide bonds. The van der Waals surface area contributed by atoms with Gasteiger partial charge in [0.2, 0.25) is 0 Å². The van der Waals surface area contributed by atoms with Crippen molar-refractivity contribution in [3.63, 3.8) is 0 Å². The molecule has 6 nitrogen and oxygen atoms in total. The summed E-state index contributed by atoms with van der Waals surface area (Å²) >= 11 is 0. The molecule has 0 aliphatic rings. The van der Waals surface area contributed by atoms with Crippen molar-refractivity contribution >= 4 is 17.3 Å². The predicted octanol–water partition coefficient (Wildman–Crippen LogP) is 0.802. The number of hydrazine groups is 1. The summed E-state index contributed by atoms with van der Waals surface area (Å²) in [5.74, 6) is 6.96. The Bertz CT molecular complexity index is 311. The van der Waals surface area contributed by atoms with Gasteiger partial charge in [0.1, 0.15) is 12.0 Å². The maximum atomic E-state index is 5.78. The number of aromatic nitrogens is 2. The van der Waals surface area contributed by atoms with Crippen LogP contribution in [-0.2, 0) is 0 Å². The third-order valence-electron chi connectivity index (χ3n) is 2.03. The maximum absolute atomic E-state index is 5.78. The first kappa shape index (κ1) is 11.5. The number of hydrogen-bond acceptors (Lipinski definition) is 6. The quantitative estimate of drug-likeness (QED) is 0.423. The van der Waals surface area contributed by atoms with Crippen molar-refractivity contribution in [1.29, 1.82) is 0 Å². The SMILES string of the molecule is CC(C)CCNc1ncnc(NN)c1N. The lowest BCUT2D eigenvalue weighted by molar-refractivity contribution is 0.606. The van der Waals surface area contributed by atoms with Crippen LogP contribution < -0.4 is 22.3 Å². The molecule has 0 unspecified atom stereocenters. The number of hydrogen-bond donors (Lipinski definition) is 4. The molecule has 0 fully saturated rings. The smallest absolute Gasteiger partial charge is 0.168 e. The molecule has 0 bridgehead atoms. The minimum atomic E-state index is 0.442. The van der Waals surface area contributed by atoms with Gasteiger partial charge in [-0.15, -0.1) is 0 Å². The van der Waals surface area contributed by atoms with Crippen LogP contribution >= 0.6 is 0 Å². The Balaban J connectivity index is 2.61. The molecule has 6 N–H and O–H groups in total. The van der Waals surface area contributed by atoms with E-state index < -0.39 is 0 Å². The predicted molar refractivity (Wildman–Crippen MR) is 62.2 cm³/mol. The first-order valence-corrected chi connectivity index (χ1v) is 4.96. The molecule has 0 saturated carbocycles. The van der Waals surface area contributed by atoms with Gasteiger partial charge in [0.25, 0.3) is 0 Å². The van der Waals surface area contributed by atoms with Crippen LogP contribution in [0.1, 0.15) is 20.3 Å². The van der Waals surface area contributed by atoms with Gasteiger partial charge in [-0.1, -0.05) is 13.8 Å². The number of rotatable bonds is 5. The van der Waals surface area contributed by atoms with Crippen molar-refractivity contribution in [1.82, 2.24) is 9.97 Å². The zero-order chi connectivity index (χ0) is 11.3. The fourth-order valence-electron chi connectivity index (χ4n) is 1.13. The highest BCUT2D eigenvalue weighted by Gasteiger charge is 2.05. The Morgan fingerprint density at radius 2 is 2.00 bits per heavy atom. The molecule has 0 aromatic carbocycles. The Hall–Kier alpha value is -1.56. The molecule has 1 aromatic rings. The van der Waals surface area contributed by atoms with E-state index in [-0.39, 0.29) is 0 Å². The lowest BCUT2D eigenvalue weighted by atomic mass is 10.1. The van der Waals surface area contributed by atoms with E-state index in [1.54, 1.807) is 0 Å². The van der Waals surface area contributed by atoms with Crippen LogP contribution in [0.25, 0.3) is 0 Å². The number of nitrogens with two attached hydrogens (primary N) is 2. The van der Waals surface area contributed by atoms with E-state index in [4.69, 9.17) is 11.6 Å². The maximum Gasteiger partial charge on any atom is 0.168 e. The summed E-state index contributed by atoms with van der Waals surface area (Å²) in [5.41, 5.74) is 8.65. The van der Waals surface area contributed by atoms with Crippen LogP contribution in [0.2, 0.25) is 0 Å². The van der Waals surface area contributed by atoms with Gasteiger partial charge in [-0.3, -0.25) is 0 Å². The molecular formula is C9H18N6. The van der Waals surface area contributed by atoms with E-state index in [0.717, 1.165) is 13.0 Å². The fraction of sp³-hybridized carbons (Fsp3) is 0.556. The van der Waals surface area contributed by atoms with Crippen molar-refractivity contribution in [3.05, 3.63) is 6.33 Å². The van der Waals surface area contributed by atoms with Gasteiger partial charge in [0.15, 0.2) is 11.6 Å². The summed E-state index contributed by atoms with van der Waals surface area (Å²) in [6, 6.07) is 0. The normalized spacial score (nSPS) is 10.4. The van der Waals surface area contributed by atoms with Crippen molar-refractivity contribution in [2.75, 3.05) is 23.0 Å². The van der Waals surface area contributed by atoms with E-state index in [1.807, 2.05) is 0 Å². The van der Waals surface area contributed by atoms with Crippen LogP contribution in [0, 0.1) is 5.92 Å². The molecule has 0 aliphatic heterocycles. The molecule has 15 heavy (non-hydrogen) atoms. The van der Waals surface area contributed by atoms with Crippen molar-refractivity contribution in [2.24, 2.45) is 11.8 Å². The number of nitrogen functional groups attached to an aromatic ring is 2. The number of nitrogens with one attached hydrogen (secondary N) is 2. The standard InChI is InChI=1S/C9H18N6/c1-6(2)3-4-12-8-7(10)9(15-11)14-5-13-8/h5-6H,3-4,10-11H2,1-2H3,(H2,12,13,14,15). The van der Waals surface area contributed by atoms with Crippen molar-refractivity contribution < 1.29 is 0 Å². The van der Waals surface area contributed by atoms with Gasteiger partial charge < -0.3 is 16.5 Å². The average Bonchev–Trinajstić information content (AvgIpc) is 2.20. The molecule has 0 radical (unpaired) electrons. The van der Waals surface area contributed by atoms with E-state index in [2.05, 4.69) is 34.6 Å². The van der Waals surface area contributed by atoms with Gasteiger partial charge in [-0.05, 0) is 12.3 Å². The zero-order valence-electron chi connectivity index (χ0n) is 9.12. The summed E-state index contributed by atoms with van der Waals surface area (Å²) in [6.45, 7) is 5.17. The van der Waals surface area contributed by atoms with Gasteiger partial charge in [0, 0.05) is 6.54 Å². The van der Waals surface area contributed by atoms with Crippen molar-refractivity contribution in [2.45, 2.75) is 20.3 Å². The second-order valence-corrected chi connectivity index (χ2v) is 3.74. The molecule has 0 spiro atoms. The van der Waals surface area contributed by atoms with E-state index in [9.17, 15) is 0 Å². The lowest BCUT2D eigenvalue weighted by Crippen LogP contribution is -2.14. The van der Waals surface area contributed by atoms with Crippen LogP contribution in [0.3, 0.4) is 0 Å². The van der Waals surface area contributed by atoms with Crippen LogP contribution in [-0.4, -0.2) is 16.5 Å². The van der Waals surface area contributed by atoms with Crippen LogP contribution in [0.15, 0.2) is 6.33 Å². The highest BCUT2D eigenvalue weighted by molar-refractivity contribution is 5.73. The van der Waals surface area contributed by atoms with Crippen LogP contribution in [0.4, 0.5) is 17.3 Å². The summed E-state index contributed by atoms with van der Waals surface area (Å²) in [7, 11) is 0.